The van der Waals surface area contributed by atoms with E-state index in [-0.39, 0.29) is 5.41 Å². The Labute approximate surface area is 269 Å². The molecule has 9 rings (SSSR count). The van der Waals surface area contributed by atoms with E-state index < -0.39 is 0 Å². The minimum atomic E-state index is 0.0205. The Morgan fingerprint density at radius 2 is 1.20 bits per heavy atom. The Hall–Kier alpha value is -5.73. The Balaban J connectivity index is 1.22. The molecular formula is C44H32N2. The standard InChI is InChI=1S/C44H32N2/c1-44-27-12-11-13-33(44)29-32(26-28-44)42-37-18-7-5-16-35(37)41(36-17-6-8-19-38(36)42)30-22-24-31(25-23-30)43-45-39-20-9-10-21-40(39)46(43)34-14-3-2-4-15-34/h2-29,33H,1H3. The second-order valence-corrected chi connectivity index (χ2v) is 12.6. The molecule has 218 valence electrons. The molecule has 2 unspecified atom stereocenters. The van der Waals surface area contributed by atoms with Crippen molar-refractivity contribution in [2.24, 2.45) is 11.3 Å². The summed E-state index contributed by atoms with van der Waals surface area (Å²) in [5.41, 5.74) is 9.37. The van der Waals surface area contributed by atoms with Crippen LogP contribution in [0.5, 0.6) is 0 Å². The fourth-order valence-corrected chi connectivity index (χ4v) is 7.45. The summed E-state index contributed by atoms with van der Waals surface area (Å²) in [6, 6.07) is 45.7. The minimum absolute atomic E-state index is 0.0205. The fourth-order valence-electron chi connectivity index (χ4n) is 7.45. The fraction of sp³-hybridized carbons (Fsp3) is 0.0682. The number of fused-ring (bicyclic) bond motifs is 4. The van der Waals surface area contributed by atoms with Gasteiger partial charge in [-0.25, -0.2) is 4.98 Å². The number of benzene rings is 6. The zero-order chi connectivity index (χ0) is 30.7. The molecule has 0 saturated heterocycles. The summed E-state index contributed by atoms with van der Waals surface area (Å²) in [4.78, 5) is 5.10. The van der Waals surface area contributed by atoms with Crippen LogP contribution in [0.1, 0.15) is 12.5 Å². The maximum Gasteiger partial charge on any atom is 0.145 e. The van der Waals surface area contributed by atoms with E-state index >= 15 is 0 Å². The summed E-state index contributed by atoms with van der Waals surface area (Å²) in [5.74, 6) is 1.28. The molecule has 1 heterocycles. The van der Waals surface area contributed by atoms with Crippen molar-refractivity contribution in [1.82, 2.24) is 9.55 Å². The van der Waals surface area contributed by atoms with Crippen molar-refractivity contribution in [3.05, 3.63) is 175 Å². The zero-order valence-electron chi connectivity index (χ0n) is 25.6. The number of aromatic nitrogens is 2. The van der Waals surface area contributed by atoms with Crippen LogP contribution in [0.2, 0.25) is 0 Å². The van der Waals surface area contributed by atoms with Crippen LogP contribution < -0.4 is 0 Å². The third-order valence-electron chi connectivity index (χ3n) is 9.81. The lowest BCUT2D eigenvalue weighted by atomic mass is 9.70. The van der Waals surface area contributed by atoms with Gasteiger partial charge < -0.3 is 0 Å². The molecule has 2 heteroatoms. The molecule has 0 fully saturated rings. The number of allylic oxidation sites excluding steroid dienone is 8. The quantitative estimate of drug-likeness (QED) is 0.187. The SMILES string of the molecule is CC12C=CC=CC1C=C(c1c3ccccc3c(-c3ccc(-c4nc5ccccc5n4-c4ccccc4)cc3)c3ccccc13)C=C2. The summed E-state index contributed by atoms with van der Waals surface area (Å²) < 4.78 is 2.26. The highest BCUT2D eigenvalue weighted by Crippen LogP contribution is 2.46. The Morgan fingerprint density at radius 1 is 0.587 bits per heavy atom. The number of rotatable bonds is 4. The number of nitrogens with zero attached hydrogens (tertiary/aromatic N) is 2. The third-order valence-corrected chi connectivity index (χ3v) is 9.81. The summed E-state index contributed by atoms with van der Waals surface area (Å²) >= 11 is 0. The van der Waals surface area contributed by atoms with Gasteiger partial charge in [-0.15, -0.1) is 0 Å². The summed E-state index contributed by atoms with van der Waals surface area (Å²) in [5, 5.41) is 5.09. The molecule has 0 saturated carbocycles. The molecule has 0 N–H and O–H groups in total. The van der Waals surface area contributed by atoms with Gasteiger partial charge in [-0.1, -0.05) is 153 Å². The van der Waals surface area contributed by atoms with E-state index in [1.54, 1.807) is 0 Å². The van der Waals surface area contributed by atoms with Crippen LogP contribution in [0.15, 0.2) is 170 Å². The Kier molecular flexibility index (Phi) is 6.04. The average molecular weight is 589 g/mol. The van der Waals surface area contributed by atoms with Crippen molar-refractivity contribution in [1.29, 1.82) is 0 Å². The lowest BCUT2D eigenvalue weighted by Crippen LogP contribution is -2.23. The average Bonchev–Trinajstić information content (AvgIpc) is 3.50. The second kappa shape index (κ2) is 10.4. The molecule has 2 atom stereocenters. The monoisotopic (exact) mass is 588 g/mol. The van der Waals surface area contributed by atoms with Gasteiger partial charge >= 0.3 is 0 Å². The van der Waals surface area contributed by atoms with E-state index in [9.17, 15) is 0 Å². The van der Waals surface area contributed by atoms with Crippen LogP contribution in [-0.4, -0.2) is 9.55 Å². The molecule has 0 aliphatic heterocycles. The minimum Gasteiger partial charge on any atom is -0.292 e. The van der Waals surface area contributed by atoms with Gasteiger partial charge in [-0.2, -0.15) is 0 Å². The zero-order valence-corrected chi connectivity index (χ0v) is 25.6. The molecule has 2 aliphatic carbocycles. The lowest BCUT2D eigenvalue weighted by Gasteiger charge is -2.34. The van der Waals surface area contributed by atoms with Crippen molar-refractivity contribution in [2.75, 3.05) is 0 Å². The summed E-state index contributed by atoms with van der Waals surface area (Å²) in [7, 11) is 0. The van der Waals surface area contributed by atoms with Gasteiger partial charge in [0.25, 0.3) is 0 Å². The van der Waals surface area contributed by atoms with Gasteiger partial charge in [0.1, 0.15) is 5.82 Å². The van der Waals surface area contributed by atoms with Gasteiger partial charge in [-0.05, 0) is 68.1 Å². The Bertz CT molecular complexity index is 2360. The van der Waals surface area contributed by atoms with Crippen LogP contribution in [0.25, 0.3) is 66.4 Å². The number of hydrogen-bond donors (Lipinski definition) is 0. The molecule has 2 nitrogen and oxygen atoms in total. The molecule has 0 bridgehead atoms. The largest absolute Gasteiger partial charge is 0.292 e. The van der Waals surface area contributed by atoms with Gasteiger partial charge in [0.15, 0.2) is 0 Å². The highest BCUT2D eigenvalue weighted by atomic mass is 15.1. The van der Waals surface area contributed by atoms with Gasteiger partial charge in [0.05, 0.1) is 11.0 Å². The highest BCUT2D eigenvalue weighted by Gasteiger charge is 2.31. The van der Waals surface area contributed by atoms with Crippen molar-refractivity contribution in [3.8, 4) is 28.2 Å². The number of para-hydroxylation sites is 3. The molecule has 0 radical (unpaired) electrons. The second-order valence-electron chi connectivity index (χ2n) is 12.6. The molecule has 7 aromatic rings. The van der Waals surface area contributed by atoms with Crippen molar-refractivity contribution in [3.63, 3.8) is 0 Å². The first-order valence-corrected chi connectivity index (χ1v) is 16.0. The maximum absolute atomic E-state index is 5.10. The maximum atomic E-state index is 5.10. The molecule has 2 aliphatic rings. The first-order chi connectivity index (χ1) is 22.7. The molecule has 0 amide bonds. The molecule has 1 aromatic heterocycles. The van der Waals surface area contributed by atoms with Crippen molar-refractivity contribution < 1.29 is 0 Å². The molecule has 6 aromatic carbocycles. The van der Waals surface area contributed by atoms with E-state index in [1.165, 1.54) is 43.8 Å². The van der Waals surface area contributed by atoms with Gasteiger partial charge in [0.2, 0.25) is 0 Å². The molecule has 46 heavy (non-hydrogen) atoms. The third kappa shape index (κ3) is 4.14. The normalized spacial score (nSPS) is 18.7. The van der Waals surface area contributed by atoms with Gasteiger partial charge in [0, 0.05) is 22.6 Å². The van der Waals surface area contributed by atoms with Gasteiger partial charge in [-0.3, -0.25) is 4.57 Å². The first kappa shape index (κ1) is 26.7. The predicted molar refractivity (Wildman–Crippen MR) is 194 cm³/mol. The van der Waals surface area contributed by atoms with Crippen molar-refractivity contribution >= 4 is 38.2 Å². The summed E-state index contributed by atoms with van der Waals surface area (Å²) in [6.07, 6.45) is 16.2. The van der Waals surface area contributed by atoms with Crippen molar-refractivity contribution in [2.45, 2.75) is 6.92 Å². The van der Waals surface area contributed by atoms with E-state index in [4.69, 9.17) is 4.98 Å². The number of hydrogen-bond acceptors (Lipinski definition) is 1. The molecular weight excluding hydrogens is 556 g/mol. The van der Waals surface area contributed by atoms with Crippen LogP contribution in [-0.2, 0) is 0 Å². The van der Waals surface area contributed by atoms with Crippen LogP contribution >= 0.6 is 0 Å². The number of imidazole rings is 1. The highest BCUT2D eigenvalue weighted by molar-refractivity contribution is 6.19. The smallest absolute Gasteiger partial charge is 0.145 e. The van der Waals surface area contributed by atoms with E-state index in [1.807, 2.05) is 0 Å². The Morgan fingerprint density at radius 3 is 1.91 bits per heavy atom. The van der Waals surface area contributed by atoms with Crippen LogP contribution in [0.3, 0.4) is 0 Å². The van der Waals surface area contributed by atoms with E-state index in [0.29, 0.717) is 5.92 Å². The van der Waals surface area contributed by atoms with E-state index in [0.717, 1.165) is 28.1 Å². The summed E-state index contributed by atoms with van der Waals surface area (Å²) in [6.45, 7) is 2.32. The lowest BCUT2D eigenvalue weighted by molar-refractivity contribution is 0.454. The topological polar surface area (TPSA) is 17.8 Å². The van der Waals surface area contributed by atoms with Crippen LogP contribution in [0.4, 0.5) is 0 Å². The molecule has 0 spiro atoms. The predicted octanol–water partition coefficient (Wildman–Crippen LogP) is 11.4. The van der Waals surface area contributed by atoms with Crippen LogP contribution in [0, 0.1) is 11.3 Å². The first-order valence-electron chi connectivity index (χ1n) is 16.0. The van der Waals surface area contributed by atoms with E-state index in [2.05, 4.69) is 181 Å².